The number of ether oxygens (including phenoxy) is 3. The van der Waals surface area contributed by atoms with Gasteiger partial charge >= 0.3 is 0 Å². The molecule has 0 aliphatic heterocycles. The molecule has 0 unspecified atom stereocenters. The van der Waals surface area contributed by atoms with Gasteiger partial charge < -0.3 is 24.8 Å². The summed E-state index contributed by atoms with van der Waals surface area (Å²) < 4.78 is 16.0. The summed E-state index contributed by atoms with van der Waals surface area (Å²) in [5, 5.41) is 5.89. The van der Waals surface area contributed by atoms with Gasteiger partial charge in [0.05, 0.1) is 27.9 Å². The predicted molar refractivity (Wildman–Crippen MR) is 128 cm³/mol. The van der Waals surface area contributed by atoms with Crippen molar-refractivity contribution >= 4 is 23.2 Å². The third-order valence-electron chi connectivity index (χ3n) is 5.65. The SMILES string of the molecule is COc1cc(NC(=O)CCN(CC(=O)Nc2cc(C)ccc2C)C2CC2)cc(OC)c1OC. The highest BCUT2D eigenvalue weighted by Crippen LogP contribution is 2.40. The maximum Gasteiger partial charge on any atom is 0.238 e. The minimum Gasteiger partial charge on any atom is -0.493 e. The van der Waals surface area contributed by atoms with Gasteiger partial charge in [-0.1, -0.05) is 12.1 Å². The summed E-state index contributed by atoms with van der Waals surface area (Å²) in [6, 6.07) is 9.72. The summed E-state index contributed by atoms with van der Waals surface area (Å²) in [7, 11) is 4.58. The Hall–Kier alpha value is -3.26. The lowest BCUT2D eigenvalue weighted by Crippen LogP contribution is -2.37. The summed E-state index contributed by atoms with van der Waals surface area (Å²) in [5.74, 6) is 1.18. The Morgan fingerprint density at radius 3 is 2.18 bits per heavy atom. The predicted octanol–water partition coefficient (Wildman–Crippen LogP) is 3.76. The highest BCUT2D eigenvalue weighted by atomic mass is 16.5. The topological polar surface area (TPSA) is 89.1 Å². The van der Waals surface area contributed by atoms with Crippen LogP contribution in [0.5, 0.6) is 17.2 Å². The number of benzene rings is 2. The fourth-order valence-corrected chi connectivity index (χ4v) is 3.70. The van der Waals surface area contributed by atoms with Gasteiger partial charge in [-0.15, -0.1) is 0 Å². The van der Waals surface area contributed by atoms with Crippen molar-refractivity contribution in [1.29, 1.82) is 0 Å². The summed E-state index contributed by atoms with van der Waals surface area (Å²) >= 11 is 0. The summed E-state index contributed by atoms with van der Waals surface area (Å²) in [6.45, 7) is 4.73. The van der Waals surface area contributed by atoms with Crippen LogP contribution in [0.1, 0.15) is 30.4 Å². The summed E-state index contributed by atoms with van der Waals surface area (Å²) in [5.41, 5.74) is 3.51. The van der Waals surface area contributed by atoms with Crippen molar-refractivity contribution in [3.05, 3.63) is 41.5 Å². The molecular weight excluding hydrogens is 422 g/mol. The number of nitrogens with one attached hydrogen (secondary N) is 2. The maximum atomic E-state index is 12.7. The largest absolute Gasteiger partial charge is 0.493 e. The van der Waals surface area contributed by atoms with Crippen molar-refractivity contribution in [2.24, 2.45) is 0 Å². The quantitative estimate of drug-likeness (QED) is 0.536. The molecule has 2 amide bonds. The zero-order valence-corrected chi connectivity index (χ0v) is 20.0. The fraction of sp³-hybridized carbons (Fsp3) is 0.440. The molecule has 8 heteroatoms. The van der Waals surface area contributed by atoms with Crippen molar-refractivity contribution in [3.8, 4) is 17.2 Å². The van der Waals surface area contributed by atoms with E-state index >= 15 is 0 Å². The Bertz CT molecular complexity index is 979. The number of hydrogen-bond donors (Lipinski definition) is 2. The van der Waals surface area contributed by atoms with Gasteiger partial charge in [0, 0.05) is 42.5 Å². The number of methoxy groups -OCH3 is 3. The number of aryl methyl sites for hydroxylation is 2. The average Bonchev–Trinajstić information content (AvgIpc) is 3.63. The van der Waals surface area contributed by atoms with Gasteiger partial charge in [-0.2, -0.15) is 0 Å². The summed E-state index contributed by atoms with van der Waals surface area (Å²) in [4.78, 5) is 27.4. The molecule has 0 atom stereocenters. The molecule has 0 spiro atoms. The normalized spacial score (nSPS) is 12.9. The molecule has 2 aromatic rings. The van der Waals surface area contributed by atoms with E-state index in [0.717, 1.165) is 29.7 Å². The molecule has 0 heterocycles. The Labute approximate surface area is 195 Å². The maximum absolute atomic E-state index is 12.7. The molecule has 0 aromatic heterocycles. The van der Waals surface area contributed by atoms with Crippen LogP contribution in [0.2, 0.25) is 0 Å². The number of carbonyl (C=O) groups excluding carboxylic acids is 2. The minimum atomic E-state index is -0.148. The first-order valence-corrected chi connectivity index (χ1v) is 11.1. The highest BCUT2D eigenvalue weighted by molar-refractivity contribution is 5.93. The van der Waals surface area contributed by atoms with E-state index in [-0.39, 0.29) is 24.8 Å². The number of rotatable bonds is 11. The molecule has 2 N–H and O–H groups in total. The smallest absolute Gasteiger partial charge is 0.238 e. The summed E-state index contributed by atoms with van der Waals surface area (Å²) in [6.07, 6.45) is 2.36. The number of hydrogen-bond acceptors (Lipinski definition) is 6. The van der Waals surface area contributed by atoms with Gasteiger partial charge in [-0.05, 0) is 43.9 Å². The van der Waals surface area contributed by atoms with Crippen LogP contribution >= 0.6 is 0 Å². The monoisotopic (exact) mass is 455 g/mol. The van der Waals surface area contributed by atoms with Gasteiger partial charge in [-0.3, -0.25) is 14.5 Å². The Morgan fingerprint density at radius 1 is 0.939 bits per heavy atom. The van der Waals surface area contributed by atoms with E-state index in [9.17, 15) is 9.59 Å². The van der Waals surface area contributed by atoms with Gasteiger partial charge in [0.2, 0.25) is 17.6 Å². The third kappa shape index (κ3) is 6.61. The average molecular weight is 456 g/mol. The first-order chi connectivity index (χ1) is 15.8. The van der Waals surface area contributed by atoms with Gasteiger partial charge in [0.25, 0.3) is 0 Å². The van der Waals surface area contributed by atoms with Crippen LogP contribution in [0.3, 0.4) is 0 Å². The molecule has 1 aliphatic carbocycles. The van der Waals surface area contributed by atoms with Crippen molar-refractivity contribution in [2.75, 3.05) is 45.1 Å². The van der Waals surface area contributed by atoms with Crippen molar-refractivity contribution in [1.82, 2.24) is 4.90 Å². The fourth-order valence-electron chi connectivity index (χ4n) is 3.70. The van der Waals surface area contributed by atoms with Crippen LogP contribution in [0.25, 0.3) is 0 Å². The van der Waals surface area contributed by atoms with Crippen molar-refractivity contribution in [3.63, 3.8) is 0 Å². The molecular formula is C25H33N3O5. The lowest BCUT2D eigenvalue weighted by atomic mass is 10.1. The molecule has 178 valence electrons. The van der Waals surface area contributed by atoms with Crippen LogP contribution in [0.15, 0.2) is 30.3 Å². The molecule has 1 saturated carbocycles. The van der Waals surface area contributed by atoms with Crippen LogP contribution in [-0.2, 0) is 9.59 Å². The minimum absolute atomic E-state index is 0.0689. The molecule has 1 fully saturated rings. The second kappa shape index (κ2) is 11.0. The number of nitrogens with zero attached hydrogens (tertiary/aromatic N) is 1. The van der Waals surface area contributed by atoms with Crippen LogP contribution < -0.4 is 24.8 Å². The molecule has 0 saturated heterocycles. The number of amides is 2. The van der Waals surface area contributed by atoms with Crippen LogP contribution in [0, 0.1) is 13.8 Å². The molecule has 1 aliphatic rings. The zero-order valence-electron chi connectivity index (χ0n) is 20.0. The van der Waals surface area contributed by atoms with Gasteiger partial charge in [0.15, 0.2) is 11.5 Å². The first-order valence-electron chi connectivity index (χ1n) is 11.1. The molecule has 33 heavy (non-hydrogen) atoms. The second-order valence-corrected chi connectivity index (χ2v) is 8.28. The van der Waals surface area contributed by atoms with E-state index in [4.69, 9.17) is 14.2 Å². The molecule has 2 aromatic carbocycles. The van der Waals surface area contributed by atoms with Crippen molar-refractivity contribution in [2.45, 2.75) is 39.2 Å². The highest BCUT2D eigenvalue weighted by Gasteiger charge is 2.30. The van der Waals surface area contributed by atoms with Crippen molar-refractivity contribution < 1.29 is 23.8 Å². The van der Waals surface area contributed by atoms with E-state index in [1.165, 1.54) is 21.3 Å². The van der Waals surface area contributed by atoms with Gasteiger partial charge in [0.1, 0.15) is 0 Å². The number of carbonyl (C=O) groups is 2. The van der Waals surface area contributed by atoms with E-state index in [0.29, 0.717) is 35.5 Å². The molecule has 0 bridgehead atoms. The first kappa shape index (κ1) is 24.4. The Kier molecular flexibility index (Phi) is 8.16. The molecule has 8 nitrogen and oxygen atoms in total. The second-order valence-electron chi connectivity index (χ2n) is 8.28. The van der Waals surface area contributed by atoms with E-state index in [1.807, 2.05) is 32.0 Å². The standard InChI is InChI=1S/C25H33N3O5/c1-16-6-7-17(2)20(12-16)27-24(30)15-28(19-8-9-19)11-10-23(29)26-18-13-21(31-3)25(33-5)22(14-18)32-4/h6-7,12-14,19H,8-11,15H2,1-5H3,(H,26,29)(H,27,30). The van der Waals surface area contributed by atoms with Crippen LogP contribution in [0.4, 0.5) is 11.4 Å². The third-order valence-corrected chi connectivity index (χ3v) is 5.65. The Balaban J connectivity index is 1.57. The van der Waals surface area contributed by atoms with E-state index < -0.39 is 0 Å². The van der Waals surface area contributed by atoms with Gasteiger partial charge in [-0.25, -0.2) is 0 Å². The number of anilines is 2. The molecule has 3 rings (SSSR count). The van der Waals surface area contributed by atoms with E-state index in [2.05, 4.69) is 15.5 Å². The van der Waals surface area contributed by atoms with E-state index in [1.54, 1.807) is 12.1 Å². The lowest BCUT2D eigenvalue weighted by molar-refractivity contribution is -0.119. The van der Waals surface area contributed by atoms with Crippen LogP contribution in [-0.4, -0.2) is 57.2 Å². The lowest BCUT2D eigenvalue weighted by Gasteiger charge is -2.21. The Morgan fingerprint density at radius 2 is 1.61 bits per heavy atom. The zero-order chi connectivity index (χ0) is 24.0. The molecule has 0 radical (unpaired) electrons.